The number of hydrogen-bond donors (Lipinski definition) is 0. The molecule has 2 aromatic carbocycles. The molecule has 0 aliphatic rings. The van der Waals surface area contributed by atoms with Crippen molar-refractivity contribution in [3.05, 3.63) is 86.1 Å². The van der Waals surface area contributed by atoms with Crippen LogP contribution in [0.3, 0.4) is 0 Å². The number of nitrogens with zero attached hydrogens (tertiary/aromatic N) is 3. The van der Waals surface area contributed by atoms with E-state index in [0.717, 1.165) is 0 Å². The van der Waals surface area contributed by atoms with Gasteiger partial charge in [0.15, 0.2) is 0 Å². The van der Waals surface area contributed by atoms with Crippen molar-refractivity contribution in [2.24, 2.45) is 9.98 Å². The van der Waals surface area contributed by atoms with Crippen LogP contribution in [0.2, 0.25) is 20.1 Å². The molecule has 0 spiro atoms. The van der Waals surface area contributed by atoms with E-state index in [2.05, 4.69) is 15.0 Å². The average Bonchev–Trinajstić information content (AvgIpc) is 2.61. The van der Waals surface area contributed by atoms with E-state index in [0.29, 0.717) is 42.9 Å². The van der Waals surface area contributed by atoms with Crippen LogP contribution in [0.4, 0.5) is 11.4 Å². The van der Waals surface area contributed by atoms with Gasteiger partial charge in [0.2, 0.25) is 0 Å². The maximum atomic E-state index is 6.11. The summed E-state index contributed by atoms with van der Waals surface area (Å²) in [6.45, 7) is 0. The molecule has 0 saturated carbocycles. The Bertz CT molecular complexity index is 934. The summed E-state index contributed by atoms with van der Waals surface area (Å²) in [5.41, 5.74) is 2.57. The first-order valence-corrected chi connectivity index (χ1v) is 8.98. The van der Waals surface area contributed by atoms with Gasteiger partial charge >= 0.3 is 17.1 Å². The fraction of sp³-hybridized carbons (Fsp3) is 0. The van der Waals surface area contributed by atoms with E-state index in [-0.39, 0.29) is 41.9 Å². The van der Waals surface area contributed by atoms with Gasteiger partial charge in [-0.1, -0.05) is 52.5 Å². The topological polar surface area (TPSA) is 37.6 Å². The van der Waals surface area contributed by atoms with E-state index < -0.39 is 0 Å². The van der Waals surface area contributed by atoms with Gasteiger partial charge in [-0.05, 0) is 48.5 Å². The minimum absolute atomic E-state index is 0. The van der Waals surface area contributed by atoms with Gasteiger partial charge in [-0.15, -0.1) is 0 Å². The zero-order valence-corrected chi connectivity index (χ0v) is 20.0. The third-order valence-electron chi connectivity index (χ3n) is 3.28. The van der Waals surface area contributed by atoms with Crippen molar-refractivity contribution in [3.8, 4) is 0 Å². The zero-order chi connectivity index (χ0) is 18.5. The van der Waals surface area contributed by atoms with Crippen LogP contribution in [0.15, 0.2) is 64.6 Å². The average molecular weight is 550 g/mol. The Morgan fingerprint density at radius 1 is 0.655 bits per heavy atom. The molecule has 0 atom stereocenters. The van der Waals surface area contributed by atoms with Crippen molar-refractivity contribution in [1.29, 1.82) is 0 Å². The summed E-state index contributed by atoms with van der Waals surface area (Å²) >= 11 is 24.0. The van der Waals surface area contributed by atoms with Gasteiger partial charge in [-0.3, -0.25) is 9.98 Å². The van der Waals surface area contributed by atoms with Crippen LogP contribution >= 0.6 is 46.4 Å². The molecule has 3 aromatic rings. The molecule has 3 nitrogen and oxygen atoms in total. The molecule has 10 heteroatoms. The van der Waals surface area contributed by atoms with Gasteiger partial charge in [-0.25, -0.2) is 4.98 Å². The van der Waals surface area contributed by atoms with Crippen LogP contribution in [-0.2, 0) is 17.1 Å². The standard InChI is InChI=1S/C19H11Cl4N3.2ClH.Fe/c20-12-4-6-18(16(22)8-12)24-10-14-2-1-3-15(26-14)11-25-19-7-5-13(21)9-17(19)23;;;/h1-11H;2*1H;/q;;;+2/p-2/b24-10+,25-11+;;;. The number of pyridine rings is 1. The number of aromatic nitrogens is 1. The van der Waals surface area contributed by atoms with Crippen LogP contribution < -0.4 is 24.8 Å². The molecule has 0 saturated heterocycles. The molecule has 0 N–H and O–H groups in total. The molecule has 152 valence electrons. The first kappa shape index (κ1) is 28.2. The summed E-state index contributed by atoms with van der Waals surface area (Å²) in [7, 11) is 0. The number of rotatable bonds is 4. The third-order valence-corrected chi connectivity index (χ3v) is 4.36. The van der Waals surface area contributed by atoms with Crippen molar-refractivity contribution >= 4 is 70.2 Å². The van der Waals surface area contributed by atoms with E-state index >= 15 is 0 Å². The molecule has 0 unspecified atom stereocenters. The number of halogens is 6. The van der Waals surface area contributed by atoms with Gasteiger partial charge in [0.1, 0.15) is 0 Å². The minimum atomic E-state index is 0. The normalized spacial score (nSPS) is 10.3. The molecule has 0 aliphatic carbocycles. The molecule has 0 bridgehead atoms. The van der Waals surface area contributed by atoms with Crippen LogP contribution in [0.1, 0.15) is 11.4 Å². The smallest absolute Gasteiger partial charge is 1.00 e. The van der Waals surface area contributed by atoms with E-state index in [1.165, 1.54) is 0 Å². The van der Waals surface area contributed by atoms with E-state index in [9.17, 15) is 0 Å². The summed E-state index contributed by atoms with van der Waals surface area (Å²) in [5.74, 6) is 0. The first-order chi connectivity index (χ1) is 12.5. The third kappa shape index (κ3) is 8.45. The van der Waals surface area contributed by atoms with Crippen molar-refractivity contribution < 1.29 is 41.9 Å². The van der Waals surface area contributed by atoms with Crippen LogP contribution in [0.25, 0.3) is 0 Å². The van der Waals surface area contributed by atoms with Crippen molar-refractivity contribution in [1.82, 2.24) is 4.98 Å². The quantitative estimate of drug-likeness (QED) is 0.356. The second kappa shape index (κ2) is 13.5. The monoisotopic (exact) mass is 547 g/mol. The van der Waals surface area contributed by atoms with Gasteiger partial charge in [0.25, 0.3) is 0 Å². The predicted octanol–water partition coefficient (Wildman–Crippen LogP) is 1.20. The molecule has 1 aromatic heterocycles. The number of aliphatic imine (C=N–C) groups is 2. The summed E-state index contributed by atoms with van der Waals surface area (Å²) in [5, 5.41) is 2.07. The maximum absolute atomic E-state index is 6.11. The maximum Gasteiger partial charge on any atom is 2.00 e. The number of hydrogen-bond acceptors (Lipinski definition) is 3. The fourth-order valence-electron chi connectivity index (χ4n) is 2.06. The Morgan fingerprint density at radius 2 is 1.07 bits per heavy atom. The van der Waals surface area contributed by atoms with Gasteiger partial charge in [0.05, 0.1) is 45.2 Å². The predicted molar refractivity (Wildman–Crippen MR) is 112 cm³/mol. The number of benzene rings is 2. The molecule has 0 radical (unpaired) electrons. The summed E-state index contributed by atoms with van der Waals surface area (Å²) in [6, 6.07) is 15.8. The first-order valence-electron chi connectivity index (χ1n) is 7.46. The van der Waals surface area contributed by atoms with Crippen LogP contribution in [0.5, 0.6) is 0 Å². The van der Waals surface area contributed by atoms with Crippen LogP contribution in [0, 0.1) is 0 Å². The summed E-state index contributed by atoms with van der Waals surface area (Å²) in [4.78, 5) is 13.1. The second-order valence-electron chi connectivity index (χ2n) is 5.20. The van der Waals surface area contributed by atoms with Crippen molar-refractivity contribution in [2.75, 3.05) is 0 Å². The Balaban J connectivity index is 0.00000261. The Morgan fingerprint density at radius 3 is 1.45 bits per heavy atom. The van der Waals surface area contributed by atoms with Gasteiger partial charge in [0, 0.05) is 10.0 Å². The molecular weight excluding hydrogens is 539 g/mol. The summed E-state index contributed by atoms with van der Waals surface area (Å²) in [6.07, 6.45) is 3.25. The largest absolute Gasteiger partial charge is 2.00 e. The Hall–Kier alpha value is -0.811. The van der Waals surface area contributed by atoms with Gasteiger partial charge in [-0.2, -0.15) is 0 Å². The van der Waals surface area contributed by atoms with E-state index in [1.54, 1.807) is 48.8 Å². The second-order valence-corrected chi connectivity index (χ2v) is 6.88. The molecule has 29 heavy (non-hydrogen) atoms. The van der Waals surface area contributed by atoms with E-state index in [4.69, 9.17) is 46.4 Å². The molecule has 0 aliphatic heterocycles. The van der Waals surface area contributed by atoms with Crippen LogP contribution in [-0.4, -0.2) is 17.4 Å². The molecule has 3 rings (SSSR count). The Labute approximate surface area is 211 Å². The summed E-state index contributed by atoms with van der Waals surface area (Å²) < 4.78 is 0. The van der Waals surface area contributed by atoms with Gasteiger partial charge < -0.3 is 24.8 Å². The SMILES string of the molecule is Clc1ccc(/N=C/c2cccc(/C=N/c3ccc(Cl)cc3Cl)n2)c(Cl)c1.[Cl-].[Cl-].[Fe+2]. The fourth-order valence-corrected chi connectivity index (χ4v) is 2.97. The Kier molecular flexibility index (Phi) is 13.1. The molecular formula is C19H11Cl6FeN3. The zero-order valence-electron chi connectivity index (χ0n) is 14.3. The molecule has 0 amide bonds. The molecule has 1 heterocycles. The minimum Gasteiger partial charge on any atom is -1.00 e. The van der Waals surface area contributed by atoms with Crippen molar-refractivity contribution in [2.45, 2.75) is 0 Å². The van der Waals surface area contributed by atoms with Crippen molar-refractivity contribution in [3.63, 3.8) is 0 Å². The molecule has 0 fully saturated rings. The van der Waals surface area contributed by atoms with E-state index in [1.807, 2.05) is 18.2 Å².